The van der Waals surface area contributed by atoms with Gasteiger partial charge in [-0.05, 0) is 44.5 Å². The highest BCUT2D eigenvalue weighted by atomic mass is 35.5. The number of likely N-dealkylation sites (N-methyl/N-ethyl adjacent to an activating group) is 1. The van der Waals surface area contributed by atoms with Crippen LogP contribution in [0, 0.1) is 17.7 Å². The summed E-state index contributed by atoms with van der Waals surface area (Å²) in [7, 11) is 3.99. The Balaban J connectivity index is 1.68. The van der Waals surface area contributed by atoms with Crippen molar-refractivity contribution in [3.05, 3.63) is 11.1 Å². The normalized spacial score (nSPS) is 18.7. The minimum absolute atomic E-state index is 0.0616. The maximum Gasteiger partial charge on any atom is 0.243 e. The lowest BCUT2D eigenvalue weighted by molar-refractivity contribution is -0.154. The fourth-order valence-electron chi connectivity index (χ4n) is 4.74. The lowest BCUT2D eigenvalue weighted by Crippen LogP contribution is -2.68. The van der Waals surface area contributed by atoms with E-state index < -0.39 is 17.6 Å². The highest BCUT2D eigenvalue weighted by Gasteiger charge is 2.45. The van der Waals surface area contributed by atoms with Crippen LogP contribution in [0.4, 0.5) is 16.0 Å². The van der Waals surface area contributed by atoms with Crippen LogP contribution in [0.5, 0.6) is 0 Å². The molecular formula is C21H33ClFN7O3. The first-order valence-electron chi connectivity index (χ1n) is 11.3. The molecule has 3 rings (SSSR count). The first-order chi connectivity index (χ1) is 15.7. The second-order valence-electron chi connectivity index (χ2n) is 9.23. The zero-order valence-corrected chi connectivity index (χ0v) is 20.1. The number of halogens is 2. The summed E-state index contributed by atoms with van der Waals surface area (Å²) in [6, 6.07) is 0. The number of hydroxylamine groups is 2. The number of hydrazine groups is 1. The second-order valence-corrected chi connectivity index (χ2v) is 9.57. The number of carbonyl (C=O) groups excluding carboxylic acids is 2. The Bertz CT molecular complexity index is 847. The number of rotatable bonds is 11. The SMILES string of the molecule is CCC1(N(C)C)CN(c2nc(Cl)nc(NNC(=O)[C@@H](CC3CCCC3)CN(O)C=O)c2F)C1. The van der Waals surface area contributed by atoms with Crippen LogP contribution in [-0.4, -0.2) is 76.7 Å². The highest BCUT2D eigenvalue weighted by molar-refractivity contribution is 6.28. The average molecular weight is 486 g/mol. The third-order valence-electron chi connectivity index (χ3n) is 6.98. The monoisotopic (exact) mass is 485 g/mol. The molecular weight excluding hydrogens is 453 g/mol. The Labute approximate surface area is 198 Å². The molecule has 33 heavy (non-hydrogen) atoms. The molecule has 1 aromatic heterocycles. The summed E-state index contributed by atoms with van der Waals surface area (Å²) in [6.07, 6.45) is 5.90. The molecule has 3 N–H and O–H groups in total. The van der Waals surface area contributed by atoms with Crippen LogP contribution in [0.2, 0.25) is 5.28 Å². The van der Waals surface area contributed by atoms with E-state index in [1.54, 1.807) is 4.90 Å². The number of anilines is 2. The van der Waals surface area contributed by atoms with Gasteiger partial charge in [0.1, 0.15) is 0 Å². The smallest absolute Gasteiger partial charge is 0.243 e. The number of carbonyl (C=O) groups is 2. The Hall–Kier alpha value is -2.24. The van der Waals surface area contributed by atoms with Crippen molar-refractivity contribution >= 4 is 35.6 Å². The number of amides is 2. The van der Waals surface area contributed by atoms with Crippen LogP contribution in [0.3, 0.4) is 0 Å². The lowest BCUT2D eigenvalue weighted by atomic mass is 9.85. The molecule has 0 aromatic carbocycles. The second kappa shape index (κ2) is 10.8. The molecule has 184 valence electrons. The minimum atomic E-state index is -0.716. The van der Waals surface area contributed by atoms with Crippen molar-refractivity contribution in [3.63, 3.8) is 0 Å². The van der Waals surface area contributed by atoms with Crippen molar-refractivity contribution in [2.75, 3.05) is 44.1 Å². The summed E-state index contributed by atoms with van der Waals surface area (Å²) in [5.41, 5.74) is 4.91. The van der Waals surface area contributed by atoms with Crippen molar-refractivity contribution < 1.29 is 19.2 Å². The molecule has 12 heteroatoms. The van der Waals surface area contributed by atoms with Crippen molar-refractivity contribution in [3.8, 4) is 0 Å². The topological polar surface area (TPSA) is 114 Å². The van der Waals surface area contributed by atoms with Gasteiger partial charge in [0, 0.05) is 13.1 Å². The van der Waals surface area contributed by atoms with Crippen LogP contribution in [-0.2, 0) is 9.59 Å². The van der Waals surface area contributed by atoms with Gasteiger partial charge < -0.3 is 9.80 Å². The van der Waals surface area contributed by atoms with Gasteiger partial charge in [-0.1, -0.05) is 32.6 Å². The van der Waals surface area contributed by atoms with Crippen molar-refractivity contribution in [1.29, 1.82) is 0 Å². The predicted octanol–water partition coefficient (Wildman–Crippen LogP) is 2.29. The fraction of sp³-hybridized carbons (Fsp3) is 0.714. The van der Waals surface area contributed by atoms with Gasteiger partial charge in [-0.3, -0.25) is 25.6 Å². The molecule has 0 bridgehead atoms. The number of hydrogen-bond donors (Lipinski definition) is 3. The summed E-state index contributed by atoms with van der Waals surface area (Å²) in [4.78, 5) is 35.5. The highest BCUT2D eigenvalue weighted by Crippen LogP contribution is 2.35. The van der Waals surface area contributed by atoms with E-state index in [1.165, 1.54) is 0 Å². The number of nitrogens with one attached hydrogen (secondary N) is 2. The van der Waals surface area contributed by atoms with Crippen LogP contribution >= 0.6 is 11.6 Å². The van der Waals surface area contributed by atoms with E-state index in [-0.39, 0.29) is 35.4 Å². The van der Waals surface area contributed by atoms with Gasteiger partial charge in [0.25, 0.3) is 0 Å². The van der Waals surface area contributed by atoms with Gasteiger partial charge in [-0.2, -0.15) is 14.4 Å². The van der Waals surface area contributed by atoms with Crippen molar-refractivity contribution in [2.24, 2.45) is 11.8 Å². The van der Waals surface area contributed by atoms with Gasteiger partial charge in [-0.15, -0.1) is 0 Å². The molecule has 10 nitrogen and oxygen atoms in total. The van der Waals surface area contributed by atoms with Crippen LogP contribution in [0.1, 0.15) is 45.4 Å². The largest absolute Gasteiger partial charge is 0.350 e. The number of aromatic nitrogens is 2. The van der Waals surface area contributed by atoms with Gasteiger partial charge in [-0.25, -0.2) is 5.06 Å². The first kappa shape index (κ1) is 25.4. The minimum Gasteiger partial charge on any atom is -0.350 e. The average Bonchev–Trinajstić information content (AvgIpc) is 3.26. The fourth-order valence-corrected chi connectivity index (χ4v) is 4.91. The molecule has 1 saturated carbocycles. The van der Waals surface area contributed by atoms with E-state index in [2.05, 4.69) is 32.6 Å². The molecule has 1 aromatic rings. The van der Waals surface area contributed by atoms with Gasteiger partial charge in [0.15, 0.2) is 11.6 Å². The van der Waals surface area contributed by atoms with E-state index in [0.717, 1.165) is 32.1 Å². The maximum absolute atomic E-state index is 15.2. The van der Waals surface area contributed by atoms with Crippen LogP contribution < -0.4 is 15.8 Å². The van der Waals surface area contributed by atoms with E-state index >= 15 is 4.39 Å². The molecule has 2 fully saturated rings. The number of nitrogens with zero attached hydrogens (tertiary/aromatic N) is 5. The molecule has 0 unspecified atom stereocenters. The molecule has 2 heterocycles. The Morgan fingerprint density at radius 1 is 1.36 bits per heavy atom. The molecule has 1 atom stereocenters. The molecule has 2 aliphatic rings. The van der Waals surface area contributed by atoms with E-state index in [1.807, 2.05) is 14.1 Å². The number of hydrogen-bond acceptors (Lipinski definition) is 8. The first-order valence-corrected chi connectivity index (χ1v) is 11.7. The van der Waals surface area contributed by atoms with E-state index in [4.69, 9.17) is 11.6 Å². The van der Waals surface area contributed by atoms with Gasteiger partial charge >= 0.3 is 0 Å². The predicted molar refractivity (Wildman–Crippen MR) is 122 cm³/mol. The Kier molecular flexibility index (Phi) is 8.30. The Morgan fingerprint density at radius 3 is 2.61 bits per heavy atom. The van der Waals surface area contributed by atoms with Crippen LogP contribution in [0.15, 0.2) is 0 Å². The van der Waals surface area contributed by atoms with E-state index in [0.29, 0.717) is 30.5 Å². The third kappa shape index (κ3) is 5.82. The zero-order chi connectivity index (χ0) is 24.2. The summed E-state index contributed by atoms with van der Waals surface area (Å²) >= 11 is 6.04. The molecule has 0 spiro atoms. The summed E-state index contributed by atoms with van der Waals surface area (Å²) in [5, 5.41) is 9.91. The Morgan fingerprint density at radius 2 is 2.03 bits per heavy atom. The van der Waals surface area contributed by atoms with Crippen LogP contribution in [0.25, 0.3) is 0 Å². The zero-order valence-electron chi connectivity index (χ0n) is 19.4. The molecule has 1 aliphatic carbocycles. The van der Waals surface area contributed by atoms with Gasteiger partial charge in [0.05, 0.1) is 18.0 Å². The van der Waals surface area contributed by atoms with Crippen molar-refractivity contribution in [1.82, 2.24) is 25.4 Å². The molecule has 0 radical (unpaired) electrons. The lowest BCUT2D eigenvalue weighted by Gasteiger charge is -2.54. The van der Waals surface area contributed by atoms with E-state index in [9.17, 15) is 14.8 Å². The van der Waals surface area contributed by atoms with Gasteiger partial charge in [0.2, 0.25) is 23.4 Å². The maximum atomic E-state index is 15.2. The third-order valence-corrected chi connectivity index (χ3v) is 7.15. The quantitative estimate of drug-likeness (QED) is 0.189. The summed E-state index contributed by atoms with van der Waals surface area (Å²) in [5.74, 6) is -1.67. The van der Waals surface area contributed by atoms with Crippen molar-refractivity contribution in [2.45, 2.75) is 51.0 Å². The molecule has 1 aliphatic heterocycles. The molecule has 2 amide bonds. The summed E-state index contributed by atoms with van der Waals surface area (Å²) < 4.78 is 15.2. The molecule has 1 saturated heterocycles. The summed E-state index contributed by atoms with van der Waals surface area (Å²) in [6.45, 7) is 3.12. The standard InChI is InChI=1S/C21H33ClFN7O3/c1-4-21(28(2)3)11-29(12-21)18-16(23)17(24-20(22)25-18)26-27-19(32)15(10-30(33)13-31)9-14-7-5-6-8-14/h13-15,33H,4-12H2,1-3H3,(H,27,32)(H,24,25,26)/t15-/m0/s1.